The Labute approximate surface area is 119 Å². The van der Waals surface area contributed by atoms with E-state index in [1.54, 1.807) is 30.5 Å². The fraction of sp³-hybridized carbons (Fsp3) is 0.0667. The largest absolute Gasteiger partial charge is 0.274 e. The molecule has 0 N–H and O–H groups in total. The second-order valence-corrected chi connectivity index (χ2v) is 4.62. The summed E-state index contributed by atoms with van der Waals surface area (Å²) < 4.78 is 1.35. The van der Waals surface area contributed by atoms with E-state index in [4.69, 9.17) is 0 Å². The Bertz CT molecular complexity index is 869. The molecule has 0 aliphatic rings. The van der Waals surface area contributed by atoms with Crippen molar-refractivity contribution in [1.82, 2.24) is 9.78 Å². The minimum absolute atomic E-state index is 0.0255. The van der Waals surface area contributed by atoms with E-state index < -0.39 is 4.92 Å². The highest BCUT2D eigenvalue weighted by atomic mass is 16.6. The molecule has 0 saturated carbocycles. The lowest BCUT2D eigenvalue weighted by Crippen LogP contribution is -2.23. The van der Waals surface area contributed by atoms with Gasteiger partial charge in [-0.15, -0.1) is 0 Å². The van der Waals surface area contributed by atoms with Crippen LogP contribution in [0.15, 0.2) is 59.5 Å². The van der Waals surface area contributed by atoms with Gasteiger partial charge in [0.25, 0.3) is 11.2 Å². The SMILES string of the molecule is O=c1c2ccccc2cnn1Cc1ccc([N+](=O)[O-])cc1. The van der Waals surface area contributed by atoms with Crippen LogP contribution >= 0.6 is 0 Å². The molecule has 0 radical (unpaired) electrons. The number of benzene rings is 2. The third kappa shape index (κ3) is 2.51. The number of aromatic nitrogens is 2. The van der Waals surface area contributed by atoms with E-state index in [1.807, 2.05) is 12.1 Å². The molecule has 0 atom stereocenters. The van der Waals surface area contributed by atoms with Crippen molar-refractivity contribution in [3.8, 4) is 0 Å². The van der Waals surface area contributed by atoms with Gasteiger partial charge in [-0.2, -0.15) is 5.10 Å². The molecule has 0 aliphatic carbocycles. The smallest absolute Gasteiger partial charge is 0.267 e. The maximum Gasteiger partial charge on any atom is 0.274 e. The van der Waals surface area contributed by atoms with Crippen molar-refractivity contribution >= 4 is 16.5 Å². The van der Waals surface area contributed by atoms with Gasteiger partial charge in [-0.25, -0.2) is 4.68 Å². The molecule has 3 rings (SSSR count). The van der Waals surface area contributed by atoms with Crippen molar-refractivity contribution in [2.45, 2.75) is 6.54 Å². The molecule has 3 aromatic rings. The maximum atomic E-state index is 12.3. The van der Waals surface area contributed by atoms with Gasteiger partial charge in [0.15, 0.2) is 0 Å². The Kier molecular flexibility index (Phi) is 3.19. The van der Waals surface area contributed by atoms with E-state index in [0.29, 0.717) is 5.39 Å². The summed E-state index contributed by atoms with van der Waals surface area (Å²) in [6, 6.07) is 13.3. The molecule has 2 aromatic carbocycles. The molecule has 1 heterocycles. The summed E-state index contributed by atoms with van der Waals surface area (Å²) >= 11 is 0. The second kappa shape index (κ2) is 5.16. The molecule has 0 amide bonds. The van der Waals surface area contributed by atoms with Crippen LogP contribution in [0, 0.1) is 10.1 Å². The van der Waals surface area contributed by atoms with Gasteiger partial charge in [0.05, 0.1) is 23.1 Å². The van der Waals surface area contributed by atoms with Crippen LogP contribution < -0.4 is 5.56 Å². The average molecular weight is 281 g/mol. The molecule has 0 saturated heterocycles. The topological polar surface area (TPSA) is 78.0 Å². The van der Waals surface area contributed by atoms with Crippen molar-refractivity contribution in [2.24, 2.45) is 0 Å². The van der Waals surface area contributed by atoms with Gasteiger partial charge >= 0.3 is 0 Å². The Morgan fingerprint density at radius 1 is 1.10 bits per heavy atom. The van der Waals surface area contributed by atoms with Gasteiger partial charge in [0.1, 0.15) is 0 Å². The normalized spacial score (nSPS) is 10.7. The molecule has 0 fully saturated rings. The number of nitrogens with zero attached hydrogens (tertiary/aromatic N) is 3. The molecular weight excluding hydrogens is 270 g/mol. The van der Waals surface area contributed by atoms with Crippen LogP contribution in [0.2, 0.25) is 0 Å². The van der Waals surface area contributed by atoms with E-state index in [2.05, 4.69) is 5.10 Å². The lowest BCUT2D eigenvalue weighted by Gasteiger charge is -2.06. The molecule has 21 heavy (non-hydrogen) atoms. The Morgan fingerprint density at radius 2 is 1.81 bits per heavy atom. The highest BCUT2D eigenvalue weighted by Crippen LogP contribution is 2.13. The van der Waals surface area contributed by atoms with Gasteiger partial charge in [-0.05, 0) is 11.6 Å². The second-order valence-electron chi connectivity index (χ2n) is 4.62. The van der Waals surface area contributed by atoms with Crippen LogP contribution in [-0.2, 0) is 6.54 Å². The first-order valence-electron chi connectivity index (χ1n) is 6.33. The summed E-state index contributed by atoms with van der Waals surface area (Å²) in [5, 5.41) is 16.1. The van der Waals surface area contributed by atoms with Gasteiger partial charge in [-0.3, -0.25) is 14.9 Å². The van der Waals surface area contributed by atoms with E-state index >= 15 is 0 Å². The van der Waals surface area contributed by atoms with Crippen molar-refractivity contribution in [3.05, 3.63) is 80.8 Å². The van der Waals surface area contributed by atoms with Gasteiger partial charge < -0.3 is 0 Å². The Hall–Kier alpha value is -3.02. The minimum Gasteiger partial charge on any atom is -0.267 e. The molecule has 0 bridgehead atoms. The zero-order chi connectivity index (χ0) is 14.8. The van der Waals surface area contributed by atoms with Crippen molar-refractivity contribution in [1.29, 1.82) is 0 Å². The summed E-state index contributed by atoms with van der Waals surface area (Å²) in [6.45, 7) is 0.279. The molecule has 6 heteroatoms. The molecule has 0 spiro atoms. The monoisotopic (exact) mass is 281 g/mol. The molecule has 1 aromatic heterocycles. The summed E-state index contributed by atoms with van der Waals surface area (Å²) in [5.74, 6) is 0. The number of fused-ring (bicyclic) bond motifs is 1. The van der Waals surface area contributed by atoms with E-state index in [0.717, 1.165) is 10.9 Å². The van der Waals surface area contributed by atoms with E-state index in [9.17, 15) is 14.9 Å². The predicted octanol–water partition coefficient (Wildman–Crippen LogP) is 2.35. The fourth-order valence-corrected chi connectivity index (χ4v) is 2.14. The molecular formula is C15H11N3O3. The van der Waals surface area contributed by atoms with Crippen molar-refractivity contribution in [3.63, 3.8) is 0 Å². The Morgan fingerprint density at radius 3 is 2.52 bits per heavy atom. The third-order valence-corrected chi connectivity index (χ3v) is 3.24. The summed E-state index contributed by atoms with van der Waals surface area (Å²) in [5.41, 5.74) is 0.634. The fourth-order valence-electron chi connectivity index (χ4n) is 2.14. The van der Waals surface area contributed by atoms with Crippen LogP contribution in [0.3, 0.4) is 0 Å². The first-order chi connectivity index (χ1) is 10.1. The first kappa shape index (κ1) is 13.0. The van der Waals surface area contributed by atoms with Crippen LogP contribution in [-0.4, -0.2) is 14.7 Å². The van der Waals surface area contributed by atoms with E-state index in [-0.39, 0.29) is 17.8 Å². The number of hydrogen-bond acceptors (Lipinski definition) is 4. The zero-order valence-corrected chi connectivity index (χ0v) is 11.0. The quantitative estimate of drug-likeness (QED) is 0.545. The Balaban J connectivity index is 1.96. The third-order valence-electron chi connectivity index (χ3n) is 3.24. The van der Waals surface area contributed by atoms with Crippen LogP contribution in [0.5, 0.6) is 0 Å². The highest BCUT2D eigenvalue weighted by molar-refractivity contribution is 5.80. The number of nitro benzene ring substituents is 1. The zero-order valence-electron chi connectivity index (χ0n) is 11.0. The van der Waals surface area contributed by atoms with Crippen molar-refractivity contribution < 1.29 is 4.92 Å². The summed E-state index contributed by atoms with van der Waals surface area (Å²) in [4.78, 5) is 22.5. The van der Waals surface area contributed by atoms with Crippen LogP contribution in [0.1, 0.15) is 5.56 Å². The number of nitro groups is 1. The van der Waals surface area contributed by atoms with Crippen LogP contribution in [0.4, 0.5) is 5.69 Å². The molecule has 104 valence electrons. The van der Waals surface area contributed by atoms with Crippen LogP contribution in [0.25, 0.3) is 10.8 Å². The number of rotatable bonds is 3. The number of non-ortho nitro benzene ring substituents is 1. The van der Waals surface area contributed by atoms with Crippen molar-refractivity contribution in [2.75, 3.05) is 0 Å². The number of hydrogen-bond donors (Lipinski definition) is 0. The summed E-state index contributed by atoms with van der Waals surface area (Å²) in [6.07, 6.45) is 1.64. The lowest BCUT2D eigenvalue weighted by atomic mass is 10.2. The molecule has 0 aliphatic heterocycles. The standard InChI is InChI=1S/C15H11N3O3/c19-15-14-4-2-1-3-12(14)9-16-17(15)10-11-5-7-13(8-6-11)18(20)21/h1-9H,10H2. The predicted molar refractivity (Wildman–Crippen MR) is 78.2 cm³/mol. The van der Waals surface area contributed by atoms with Gasteiger partial charge in [-0.1, -0.05) is 30.3 Å². The van der Waals surface area contributed by atoms with E-state index in [1.165, 1.54) is 16.8 Å². The average Bonchev–Trinajstić information content (AvgIpc) is 2.51. The highest BCUT2D eigenvalue weighted by Gasteiger charge is 2.07. The first-order valence-corrected chi connectivity index (χ1v) is 6.33. The van der Waals surface area contributed by atoms with Gasteiger partial charge in [0.2, 0.25) is 0 Å². The maximum absolute atomic E-state index is 12.3. The molecule has 6 nitrogen and oxygen atoms in total. The minimum atomic E-state index is -0.454. The molecule has 0 unspecified atom stereocenters. The summed E-state index contributed by atoms with van der Waals surface area (Å²) in [7, 11) is 0. The van der Waals surface area contributed by atoms with Gasteiger partial charge in [0, 0.05) is 17.5 Å². The lowest BCUT2D eigenvalue weighted by molar-refractivity contribution is -0.384.